The fraction of sp³-hybridized carbons (Fsp3) is 0.636. The lowest BCUT2D eigenvalue weighted by Gasteiger charge is -2.36. The van der Waals surface area contributed by atoms with Crippen molar-refractivity contribution >= 4 is 0 Å². The standard InChI is InChI=1S/C11H19NO/c1-9(2)12(10(3)4)11-7-5-6-8-13-11/h5-11H,1-4H3. The minimum absolute atomic E-state index is 0.102. The van der Waals surface area contributed by atoms with E-state index in [2.05, 4.69) is 38.7 Å². The molecule has 0 aromatic rings. The van der Waals surface area contributed by atoms with Crippen LogP contribution in [0.15, 0.2) is 24.5 Å². The van der Waals surface area contributed by atoms with Crippen molar-refractivity contribution in [3.63, 3.8) is 0 Å². The molecule has 1 aliphatic rings. The lowest BCUT2D eigenvalue weighted by molar-refractivity contribution is -0.0157. The molecule has 0 saturated heterocycles. The highest BCUT2D eigenvalue weighted by Gasteiger charge is 2.22. The SMILES string of the molecule is CC(C)N(C(C)C)C1C=CC=CO1. The lowest BCUT2D eigenvalue weighted by atomic mass is 10.2. The number of nitrogens with zero attached hydrogens (tertiary/aromatic N) is 1. The first-order valence-electron chi connectivity index (χ1n) is 4.89. The summed E-state index contributed by atoms with van der Waals surface area (Å²) in [6.07, 6.45) is 7.88. The molecule has 1 atom stereocenters. The van der Waals surface area contributed by atoms with E-state index in [1.165, 1.54) is 0 Å². The zero-order chi connectivity index (χ0) is 9.84. The minimum atomic E-state index is 0.102. The first-order valence-corrected chi connectivity index (χ1v) is 4.89. The van der Waals surface area contributed by atoms with Crippen molar-refractivity contribution in [2.24, 2.45) is 0 Å². The smallest absolute Gasteiger partial charge is 0.171 e. The van der Waals surface area contributed by atoms with Crippen molar-refractivity contribution in [3.8, 4) is 0 Å². The van der Waals surface area contributed by atoms with Crippen LogP contribution in [0, 0.1) is 0 Å². The zero-order valence-electron chi connectivity index (χ0n) is 8.90. The largest absolute Gasteiger partial charge is 0.479 e. The molecule has 2 heteroatoms. The summed E-state index contributed by atoms with van der Waals surface area (Å²) in [6, 6.07) is 1.00. The van der Waals surface area contributed by atoms with Gasteiger partial charge in [0.1, 0.15) is 0 Å². The van der Waals surface area contributed by atoms with E-state index in [4.69, 9.17) is 4.74 Å². The Morgan fingerprint density at radius 1 is 1.08 bits per heavy atom. The maximum atomic E-state index is 5.52. The summed E-state index contributed by atoms with van der Waals surface area (Å²) in [5.41, 5.74) is 0. The van der Waals surface area contributed by atoms with Gasteiger partial charge in [0, 0.05) is 12.1 Å². The third-order valence-electron chi connectivity index (χ3n) is 2.17. The van der Waals surface area contributed by atoms with Gasteiger partial charge in [0.15, 0.2) is 6.23 Å². The Morgan fingerprint density at radius 2 is 1.69 bits per heavy atom. The molecule has 74 valence electrons. The van der Waals surface area contributed by atoms with Gasteiger partial charge in [0.2, 0.25) is 0 Å². The third-order valence-corrected chi connectivity index (χ3v) is 2.17. The second-order valence-electron chi connectivity index (χ2n) is 3.87. The molecule has 0 amide bonds. The average molecular weight is 181 g/mol. The molecule has 1 unspecified atom stereocenters. The fourth-order valence-corrected chi connectivity index (χ4v) is 1.73. The van der Waals surface area contributed by atoms with Gasteiger partial charge in [-0.05, 0) is 39.8 Å². The first-order chi connectivity index (χ1) is 6.13. The van der Waals surface area contributed by atoms with Gasteiger partial charge in [0.25, 0.3) is 0 Å². The summed E-state index contributed by atoms with van der Waals surface area (Å²) in [5.74, 6) is 0. The fourth-order valence-electron chi connectivity index (χ4n) is 1.73. The molecule has 1 aliphatic heterocycles. The van der Waals surface area contributed by atoms with Crippen LogP contribution in [0.4, 0.5) is 0 Å². The number of hydrogen-bond acceptors (Lipinski definition) is 2. The van der Waals surface area contributed by atoms with E-state index in [9.17, 15) is 0 Å². The number of allylic oxidation sites excluding steroid dienone is 2. The molecule has 1 heterocycles. The second-order valence-corrected chi connectivity index (χ2v) is 3.87. The average Bonchev–Trinajstić information content (AvgIpc) is 2.04. The first kappa shape index (κ1) is 10.3. The van der Waals surface area contributed by atoms with Crippen LogP contribution in [0.3, 0.4) is 0 Å². The predicted octanol–water partition coefficient (Wildman–Crippen LogP) is 2.53. The molecule has 0 radical (unpaired) electrons. The van der Waals surface area contributed by atoms with E-state index >= 15 is 0 Å². The van der Waals surface area contributed by atoms with Crippen molar-refractivity contribution in [1.29, 1.82) is 0 Å². The van der Waals surface area contributed by atoms with Crippen molar-refractivity contribution < 1.29 is 4.74 Å². The van der Waals surface area contributed by atoms with Crippen LogP contribution in [0.5, 0.6) is 0 Å². The van der Waals surface area contributed by atoms with Gasteiger partial charge >= 0.3 is 0 Å². The molecule has 1 rings (SSSR count). The molecule has 2 nitrogen and oxygen atoms in total. The number of hydrogen-bond donors (Lipinski definition) is 0. The van der Waals surface area contributed by atoms with Gasteiger partial charge in [-0.1, -0.05) is 6.08 Å². The Labute approximate surface area is 80.9 Å². The maximum Gasteiger partial charge on any atom is 0.171 e. The summed E-state index contributed by atoms with van der Waals surface area (Å²) in [4.78, 5) is 2.33. The normalized spacial score (nSPS) is 21.6. The van der Waals surface area contributed by atoms with Gasteiger partial charge in [-0.25, -0.2) is 0 Å². The Balaban J connectivity index is 2.65. The van der Waals surface area contributed by atoms with Gasteiger partial charge in [-0.3, -0.25) is 4.90 Å². The van der Waals surface area contributed by atoms with E-state index in [1.807, 2.05) is 12.2 Å². The quantitative estimate of drug-likeness (QED) is 0.663. The van der Waals surface area contributed by atoms with Crippen LogP contribution in [-0.4, -0.2) is 23.2 Å². The van der Waals surface area contributed by atoms with Gasteiger partial charge in [-0.2, -0.15) is 0 Å². The summed E-state index contributed by atoms with van der Waals surface area (Å²) in [6.45, 7) is 8.76. The summed E-state index contributed by atoms with van der Waals surface area (Å²) in [7, 11) is 0. The number of ether oxygens (including phenoxy) is 1. The van der Waals surface area contributed by atoms with Gasteiger partial charge in [0.05, 0.1) is 6.26 Å². The van der Waals surface area contributed by atoms with Crippen LogP contribution in [0.1, 0.15) is 27.7 Å². The molecular formula is C11H19NO. The summed E-state index contributed by atoms with van der Waals surface area (Å²) < 4.78 is 5.52. The van der Waals surface area contributed by atoms with Gasteiger partial charge < -0.3 is 4.74 Å². The Bertz CT molecular complexity index is 198. The van der Waals surface area contributed by atoms with Crippen molar-refractivity contribution in [3.05, 3.63) is 24.5 Å². The Morgan fingerprint density at radius 3 is 2.08 bits per heavy atom. The molecule has 0 saturated carbocycles. The molecular weight excluding hydrogens is 162 g/mol. The topological polar surface area (TPSA) is 12.5 Å². The number of rotatable bonds is 3. The highest BCUT2D eigenvalue weighted by molar-refractivity contribution is 5.07. The maximum absolute atomic E-state index is 5.52. The zero-order valence-corrected chi connectivity index (χ0v) is 8.90. The van der Waals surface area contributed by atoms with Crippen molar-refractivity contribution in [2.45, 2.75) is 46.0 Å². The predicted molar refractivity (Wildman–Crippen MR) is 55.3 cm³/mol. The van der Waals surface area contributed by atoms with Crippen LogP contribution < -0.4 is 0 Å². The highest BCUT2D eigenvalue weighted by atomic mass is 16.5. The van der Waals surface area contributed by atoms with E-state index < -0.39 is 0 Å². The lowest BCUT2D eigenvalue weighted by Crippen LogP contribution is -2.45. The summed E-state index contributed by atoms with van der Waals surface area (Å²) >= 11 is 0. The van der Waals surface area contributed by atoms with Crippen LogP contribution in [-0.2, 0) is 4.74 Å². The third kappa shape index (κ3) is 2.59. The van der Waals surface area contributed by atoms with Gasteiger partial charge in [-0.15, -0.1) is 0 Å². The molecule has 0 aliphatic carbocycles. The van der Waals surface area contributed by atoms with E-state index in [1.54, 1.807) is 6.26 Å². The summed E-state index contributed by atoms with van der Waals surface area (Å²) in [5, 5.41) is 0. The molecule has 13 heavy (non-hydrogen) atoms. The molecule has 0 aromatic carbocycles. The van der Waals surface area contributed by atoms with E-state index in [-0.39, 0.29) is 6.23 Å². The van der Waals surface area contributed by atoms with Crippen LogP contribution in [0.25, 0.3) is 0 Å². The second kappa shape index (κ2) is 4.47. The molecule has 0 aromatic heterocycles. The Hall–Kier alpha value is -0.760. The van der Waals surface area contributed by atoms with Crippen molar-refractivity contribution in [2.75, 3.05) is 0 Å². The monoisotopic (exact) mass is 181 g/mol. The molecule has 0 N–H and O–H groups in total. The molecule has 0 bridgehead atoms. The highest BCUT2D eigenvalue weighted by Crippen LogP contribution is 2.15. The van der Waals surface area contributed by atoms with Crippen molar-refractivity contribution in [1.82, 2.24) is 4.90 Å². The van der Waals surface area contributed by atoms with E-state index in [0.717, 1.165) is 0 Å². The van der Waals surface area contributed by atoms with E-state index in [0.29, 0.717) is 12.1 Å². The minimum Gasteiger partial charge on any atom is -0.479 e. The van der Waals surface area contributed by atoms with Crippen LogP contribution in [0.2, 0.25) is 0 Å². The molecule has 0 fully saturated rings. The molecule has 0 spiro atoms. The van der Waals surface area contributed by atoms with Crippen LogP contribution >= 0.6 is 0 Å². The Kier molecular flexibility index (Phi) is 3.55.